The van der Waals surface area contributed by atoms with E-state index >= 15 is 0 Å². The predicted octanol–water partition coefficient (Wildman–Crippen LogP) is 2.26. The normalized spacial score (nSPS) is 15.2. The molecule has 21 heavy (non-hydrogen) atoms. The van der Waals surface area contributed by atoms with Gasteiger partial charge in [0.2, 0.25) is 11.9 Å². The second kappa shape index (κ2) is 6.01. The molecule has 3 rings (SSSR count). The molecule has 0 atom stereocenters. The molecule has 1 aliphatic rings. The monoisotopic (exact) mass is 325 g/mol. The first kappa shape index (κ1) is 14.3. The van der Waals surface area contributed by atoms with Gasteiger partial charge in [-0.05, 0) is 18.2 Å². The van der Waals surface area contributed by atoms with E-state index in [4.69, 9.17) is 33.7 Å². The van der Waals surface area contributed by atoms with Crippen molar-refractivity contribution in [2.45, 2.75) is 0 Å². The zero-order valence-electron chi connectivity index (χ0n) is 11.1. The highest BCUT2D eigenvalue weighted by Gasteiger charge is 2.17. The Kier molecular flexibility index (Phi) is 4.10. The summed E-state index contributed by atoms with van der Waals surface area (Å²) in [5, 5.41) is 1.07. The summed E-state index contributed by atoms with van der Waals surface area (Å²) >= 11 is 12.2. The van der Waals surface area contributed by atoms with Gasteiger partial charge in [0.15, 0.2) is 5.82 Å². The van der Waals surface area contributed by atoms with Crippen LogP contribution >= 0.6 is 23.2 Å². The number of halogens is 2. The number of hydrogen-bond donors (Lipinski definition) is 1. The second-order valence-corrected chi connectivity index (χ2v) is 5.38. The van der Waals surface area contributed by atoms with Crippen LogP contribution in [0, 0.1) is 0 Å². The van der Waals surface area contributed by atoms with Crippen LogP contribution in [-0.2, 0) is 4.74 Å². The Bertz CT molecular complexity index is 661. The van der Waals surface area contributed by atoms with Crippen LogP contribution in [0.25, 0.3) is 11.4 Å². The lowest BCUT2D eigenvalue weighted by molar-refractivity contribution is 0.122. The van der Waals surface area contributed by atoms with Crippen molar-refractivity contribution < 1.29 is 4.74 Å². The zero-order chi connectivity index (χ0) is 14.8. The molecule has 1 fully saturated rings. The Morgan fingerprint density at radius 1 is 1.10 bits per heavy atom. The summed E-state index contributed by atoms with van der Waals surface area (Å²) in [4.78, 5) is 14.8. The zero-order valence-corrected chi connectivity index (χ0v) is 12.6. The van der Waals surface area contributed by atoms with E-state index in [-0.39, 0.29) is 5.95 Å². The van der Waals surface area contributed by atoms with Gasteiger partial charge in [-0.15, -0.1) is 0 Å². The highest BCUT2D eigenvalue weighted by atomic mass is 35.5. The molecule has 2 N–H and O–H groups in total. The van der Waals surface area contributed by atoms with Crippen LogP contribution in [0.1, 0.15) is 0 Å². The van der Waals surface area contributed by atoms with Crippen LogP contribution in [0.3, 0.4) is 0 Å². The van der Waals surface area contributed by atoms with Gasteiger partial charge in [0, 0.05) is 23.7 Å². The Morgan fingerprint density at radius 3 is 2.62 bits per heavy atom. The number of hydrogen-bond acceptors (Lipinski definition) is 6. The minimum absolute atomic E-state index is 0.150. The summed E-state index contributed by atoms with van der Waals surface area (Å²) in [6, 6.07) is 5.12. The molecule has 8 heteroatoms. The number of rotatable bonds is 2. The van der Waals surface area contributed by atoms with E-state index in [1.54, 1.807) is 18.2 Å². The molecule has 1 aromatic carbocycles. The van der Waals surface area contributed by atoms with E-state index in [1.807, 2.05) is 4.90 Å². The molecule has 1 aromatic heterocycles. The second-order valence-electron chi connectivity index (χ2n) is 4.54. The van der Waals surface area contributed by atoms with Crippen LogP contribution in [0.5, 0.6) is 0 Å². The number of aromatic nitrogens is 3. The van der Waals surface area contributed by atoms with Gasteiger partial charge < -0.3 is 15.4 Å². The van der Waals surface area contributed by atoms with Gasteiger partial charge in [-0.2, -0.15) is 15.0 Å². The molecule has 2 heterocycles. The molecule has 6 nitrogen and oxygen atoms in total. The van der Waals surface area contributed by atoms with Crippen molar-refractivity contribution in [3.63, 3.8) is 0 Å². The lowest BCUT2D eigenvalue weighted by Gasteiger charge is -2.26. The molecule has 0 amide bonds. The topological polar surface area (TPSA) is 77.2 Å². The maximum absolute atomic E-state index is 6.19. The van der Waals surface area contributed by atoms with E-state index in [2.05, 4.69) is 15.0 Å². The van der Waals surface area contributed by atoms with Gasteiger partial charge in [0.1, 0.15) is 0 Å². The van der Waals surface area contributed by atoms with E-state index < -0.39 is 0 Å². The Morgan fingerprint density at radius 2 is 1.86 bits per heavy atom. The summed E-state index contributed by atoms with van der Waals surface area (Å²) < 4.78 is 5.32. The lowest BCUT2D eigenvalue weighted by atomic mass is 10.2. The molecule has 0 unspecified atom stereocenters. The van der Waals surface area contributed by atoms with Gasteiger partial charge in [0.05, 0.1) is 18.2 Å². The third-order valence-corrected chi connectivity index (χ3v) is 3.67. The molecule has 110 valence electrons. The molecular weight excluding hydrogens is 313 g/mol. The minimum Gasteiger partial charge on any atom is -0.378 e. The van der Waals surface area contributed by atoms with Gasteiger partial charge in [0.25, 0.3) is 0 Å². The smallest absolute Gasteiger partial charge is 0.230 e. The fourth-order valence-corrected chi connectivity index (χ4v) is 2.45. The third-order valence-electron chi connectivity index (χ3n) is 3.10. The molecule has 0 bridgehead atoms. The van der Waals surface area contributed by atoms with Crippen LogP contribution in [0.4, 0.5) is 11.9 Å². The summed E-state index contributed by atoms with van der Waals surface area (Å²) in [5.74, 6) is 1.09. The minimum atomic E-state index is 0.150. The van der Waals surface area contributed by atoms with Crippen LogP contribution in [0.15, 0.2) is 18.2 Å². The number of nitrogens with two attached hydrogens (primary N) is 1. The highest BCUT2D eigenvalue weighted by Crippen LogP contribution is 2.29. The Labute approximate surface area is 131 Å². The summed E-state index contributed by atoms with van der Waals surface area (Å²) in [5.41, 5.74) is 6.43. The number of nitrogens with zero attached hydrogens (tertiary/aromatic N) is 4. The fraction of sp³-hybridized carbons (Fsp3) is 0.308. The van der Waals surface area contributed by atoms with E-state index in [0.29, 0.717) is 53.7 Å². The highest BCUT2D eigenvalue weighted by molar-refractivity contribution is 6.35. The number of nitrogen functional groups attached to an aromatic ring is 1. The van der Waals surface area contributed by atoms with Crippen molar-refractivity contribution in [2.24, 2.45) is 0 Å². The summed E-state index contributed by atoms with van der Waals surface area (Å²) in [6.45, 7) is 2.70. The standard InChI is InChI=1S/C13H13Cl2N5O/c14-8-1-2-10(15)9(7-8)11-17-12(16)19-13(18-11)20-3-5-21-6-4-20/h1-2,7H,3-6H2,(H2,16,17,18,19). The molecule has 0 saturated carbocycles. The first-order chi connectivity index (χ1) is 10.1. The lowest BCUT2D eigenvalue weighted by Crippen LogP contribution is -2.37. The maximum atomic E-state index is 6.19. The molecule has 1 aliphatic heterocycles. The number of benzene rings is 1. The van der Waals surface area contributed by atoms with Crippen molar-refractivity contribution in [2.75, 3.05) is 36.9 Å². The number of morpholine rings is 1. The molecular formula is C13H13Cl2N5O. The Hall–Kier alpha value is -1.63. The first-order valence-corrected chi connectivity index (χ1v) is 7.19. The molecule has 2 aromatic rings. The van der Waals surface area contributed by atoms with Crippen LogP contribution in [-0.4, -0.2) is 41.3 Å². The summed E-state index contributed by atoms with van der Waals surface area (Å²) in [7, 11) is 0. The Balaban J connectivity index is 2.02. The van der Waals surface area contributed by atoms with Gasteiger partial charge in [-0.3, -0.25) is 0 Å². The third kappa shape index (κ3) is 3.18. The average Bonchev–Trinajstić information content (AvgIpc) is 2.50. The van der Waals surface area contributed by atoms with Gasteiger partial charge >= 0.3 is 0 Å². The average molecular weight is 326 g/mol. The largest absolute Gasteiger partial charge is 0.378 e. The number of anilines is 2. The number of ether oxygens (including phenoxy) is 1. The van der Waals surface area contributed by atoms with Crippen LogP contribution in [0.2, 0.25) is 10.0 Å². The van der Waals surface area contributed by atoms with Crippen molar-refractivity contribution in [3.05, 3.63) is 28.2 Å². The van der Waals surface area contributed by atoms with E-state index in [9.17, 15) is 0 Å². The van der Waals surface area contributed by atoms with Crippen molar-refractivity contribution in [1.29, 1.82) is 0 Å². The SMILES string of the molecule is Nc1nc(-c2cc(Cl)ccc2Cl)nc(N2CCOCC2)n1. The molecule has 1 saturated heterocycles. The fourth-order valence-electron chi connectivity index (χ4n) is 2.07. The van der Waals surface area contributed by atoms with Gasteiger partial charge in [-0.1, -0.05) is 23.2 Å². The molecule has 0 spiro atoms. The van der Waals surface area contributed by atoms with Crippen molar-refractivity contribution >= 4 is 35.1 Å². The van der Waals surface area contributed by atoms with E-state index in [0.717, 1.165) is 0 Å². The van der Waals surface area contributed by atoms with Gasteiger partial charge in [-0.25, -0.2) is 0 Å². The van der Waals surface area contributed by atoms with Crippen LogP contribution < -0.4 is 10.6 Å². The van der Waals surface area contributed by atoms with E-state index in [1.165, 1.54) is 0 Å². The molecule has 0 aliphatic carbocycles. The first-order valence-electron chi connectivity index (χ1n) is 6.43. The summed E-state index contributed by atoms with van der Waals surface area (Å²) in [6.07, 6.45) is 0. The molecule has 0 radical (unpaired) electrons. The van der Waals surface area contributed by atoms with Crippen molar-refractivity contribution in [1.82, 2.24) is 15.0 Å². The quantitative estimate of drug-likeness (QED) is 0.912. The van der Waals surface area contributed by atoms with Crippen molar-refractivity contribution in [3.8, 4) is 11.4 Å². The predicted molar refractivity (Wildman–Crippen MR) is 82.7 cm³/mol. The maximum Gasteiger partial charge on any atom is 0.230 e.